The smallest absolute Gasteiger partial charge is 0.231 e. The molecule has 0 saturated carbocycles. The molecule has 0 radical (unpaired) electrons. The number of para-hydroxylation sites is 2. The van der Waals surface area contributed by atoms with Crippen molar-refractivity contribution in [2.75, 3.05) is 14.2 Å². The standard InChI is InChI=1S/C24H38O4Si2/c1-25-23-17-9-7-13-21(23)15-11-19-29(3,4)27-28-30(5,6)20-12-16-22-14-8-10-18-24(22)26-2/h7-10,13-14,17-18H,11-12,15-16,19-20H2,1-6H3. The quantitative estimate of drug-likeness (QED) is 0.197. The molecule has 6 heteroatoms. The molecule has 0 bridgehead atoms. The lowest BCUT2D eigenvalue weighted by Gasteiger charge is -2.29. The molecule has 0 aliphatic carbocycles. The first kappa shape index (κ1) is 24.7. The molecule has 4 nitrogen and oxygen atoms in total. The van der Waals surface area contributed by atoms with Gasteiger partial charge >= 0.3 is 0 Å². The van der Waals surface area contributed by atoms with E-state index in [2.05, 4.69) is 50.5 Å². The first-order valence-electron chi connectivity index (χ1n) is 10.9. The summed E-state index contributed by atoms with van der Waals surface area (Å²) in [6.07, 6.45) is 4.17. The molecule has 2 aromatic rings. The van der Waals surface area contributed by atoms with Crippen molar-refractivity contribution in [3.63, 3.8) is 0 Å². The maximum atomic E-state index is 6.08. The number of benzene rings is 2. The molecule has 2 aromatic carbocycles. The van der Waals surface area contributed by atoms with Crippen LogP contribution in [-0.2, 0) is 22.0 Å². The molecular formula is C24H38O4Si2. The van der Waals surface area contributed by atoms with Gasteiger partial charge in [0.1, 0.15) is 11.5 Å². The number of ether oxygens (including phenoxy) is 2. The van der Waals surface area contributed by atoms with Gasteiger partial charge in [-0.2, -0.15) is 0 Å². The first-order chi connectivity index (χ1) is 14.3. The van der Waals surface area contributed by atoms with E-state index in [0.29, 0.717) is 0 Å². The van der Waals surface area contributed by atoms with Crippen LogP contribution in [0.5, 0.6) is 11.5 Å². The maximum absolute atomic E-state index is 6.08. The summed E-state index contributed by atoms with van der Waals surface area (Å²) >= 11 is 0. The third-order valence-electron chi connectivity index (χ3n) is 5.33. The predicted octanol–water partition coefficient (Wildman–Crippen LogP) is 6.63. The zero-order valence-corrected chi connectivity index (χ0v) is 21.5. The van der Waals surface area contributed by atoms with Crippen LogP contribution < -0.4 is 9.47 Å². The first-order valence-corrected chi connectivity index (χ1v) is 17.1. The molecule has 0 fully saturated rings. The van der Waals surface area contributed by atoms with Crippen LogP contribution in [0, 0.1) is 0 Å². The van der Waals surface area contributed by atoms with E-state index in [4.69, 9.17) is 18.6 Å². The molecule has 0 unspecified atom stereocenters. The second-order valence-electron chi connectivity index (χ2n) is 9.02. The highest BCUT2D eigenvalue weighted by molar-refractivity contribution is 6.73. The largest absolute Gasteiger partial charge is 0.496 e. The predicted molar refractivity (Wildman–Crippen MR) is 129 cm³/mol. The van der Waals surface area contributed by atoms with E-state index in [1.165, 1.54) is 11.1 Å². The summed E-state index contributed by atoms with van der Waals surface area (Å²) in [7, 11) is -0.259. The van der Waals surface area contributed by atoms with Crippen molar-refractivity contribution >= 4 is 16.6 Å². The lowest BCUT2D eigenvalue weighted by molar-refractivity contribution is -0.125. The molecule has 2 rings (SSSR count). The van der Waals surface area contributed by atoms with Crippen LogP contribution in [0.3, 0.4) is 0 Å². The topological polar surface area (TPSA) is 36.9 Å². The van der Waals surface area contributed by atoms with Crippen LogP contribution in [0.15, 0.2) is 48.5 Å². The van der Waals surface area contributed by atoms with Crippen molar-refractivity contribution < 1.29 is 18.6 Å². The number of hydrogen-bond acceptors (Lipinski definition) is 4. The minimum absolute atomic E-state index is 0.970. The summed E-state index contributed by atoms with van der Waals surface area (Å²) in [5.41, 5.74) is 2.52. The number of rotatable bonds is 13. The zero-order valence-electron chi connectivity index (χ0n) is 19.5. The van der Waals surface area contributed by atoms with Crippen molar-refractivity contribution in [1.82, 2.24) is 0 Å². The van der Waals surface area contributed by atoms with Crippen LogP contribution in [-0.4, -0.2) is 30.9 Å². The Balaban J connectivity index is 1.75. The Morgan fingerprint density at radius 3 is 1.33 bits per heavy atom. The second kappa shape index (κ2) is 11.7. The van der Waals surface area contributed by atoms with Crippen molar-refractivity contribution in [2.24, 2.45) is 0 Å². The summed E-state index contributed by atoms with van der Waals surface area (Å²) in [4.78, 5) is 0. The van der Waals surface area contributed by atoms with Gasteiger partial charge < -0.3 is 9.47 Å². The average molecular weight is 447 g/mol. The molecule has 0 spiro atoms. The third-order valence-corrected chi connectivity index (χ3v) is 9.68. The Morgan fingerprint density at radius 2 is 0.967 bits per heavy atom. The van der Waals surface area contributed by atoms with Gasteiger partial charge in [0.25, 0.3) is 0 Å². The minimum atomic E-state index is -1.86. The van der Waals surface area contributed by atoms with Crippen LogP contribution in [0.2, 0.25) is 38.3 Å². The van der Waals surface area contributed by atoms with Gasteiger partial charge in [0.15, 0.2) is 0 Å². The molecule has 0 amide bonds. The Labute approximate surface area is 184 Å². The van der Waals surface area contributed by atoms with Crippen molar-refractivity contribution in [3.8, 4) is 11.5 Å². The molecule has 166 valence electrons. The van der Waals surface area contributed by atoms with E-state index in [1.54, 1.807) is 14.2 Å². The van der Waals surface area contributed by atoms with Crippen molar-refractivity contribution in [1.29, 1.82) is 0 Å². The molecule has 0 atom stereocenters. The molecule has 0 aromatic heterocycles. The summed E-state index contributed by atoms with van der Waals surface area (Å²) in [5, 5.41) is 0. The number of aryl methyl sites for hydroxylation is 2. The van der Waals surface area contributed by atoms with Crippen LogP contribution in [0.25, 0.3) is 0 Å². The average Bonchev–Trinajstić information content (AvgIpc) is 2.73. The Morgan fingerprint density at radius 1 is 0.600 bits per heavy atom. The fourth-order valence-corrected chi connectivity index (χ4v) is 7.56. The summed E-state index contributed by atoms with van der Waals surface area (Å²) < 4.78 is 23.1. The van der Waals surface area contributed by atoms with Gasteiger partial charge in [-0.1, -0.05) is 36.4 Å². The van der Waals surface area contributed by atoms with Gasteiger partial charge in [0.2, 0.25) is 16.6 Å². The molecular weight excluding hydrogens is 408 g/mol. The molecule has 30 heavy (non-hydrogen) atoms. The van der Waals surface area contributed by atoms with Gasteiger partial charge in [-0.3, -0.25) is 9.15 Å². The Kier molecular flexibility index (Phi) is 9.61. The van der Waals surface area contributed by atoms with E-state index in [0.717, 1.165) is 49.3 Å². The monoisotopic (exact) mass is 446 g/mol. The third kappa shape index (κ3) is 8.26. The van der Waals surface area contributed by atoms with Gasteiger partial charge in [0.05, 0.1) is 14.2 Å². The van der Waals surface area contributed by atoms with Gasteiger partial charge in [-0.25, -0.2) is 0 Å². The molecule has 0 heterocycles. The highest BCUT2D eigenvalue weighted by Crippen LogP contribution is 2.26. The zero-order chi connectivity index (χ0) is 22.0. The lowest BCUT2D eigenvalue weighted by atomic mass is 10.1. The van der Waals surface area contributed by atoms with Crippen molar-refractivity contribution in [2.45, 2.75) is 64.0 Å². The molecule has 0 aliphatic heterocycles. The van der Waals surface area contributed by atoms with Crippen LogP contribution >= 0.6 is 0 Å². The van der Waals surface area contributed by atoms with E-state index in [1.807, 2.05) is 24.3 Å². The van der Waals surface area contributed by atoms with Gasteiger partial charge in [-0.15, -0.1) is 0 Å². The molecule has 0 saturated heterocycles. The Hall–Kier alpha value is -1.61. The SMILES string of the molecule is COc1ccccc1CCC[Si](C)(C)OO[Si](C)(C)CCCc1ccccc1OC. The van der Waals surface area contributed by atoms with Crippen LogP contribution in [0.4, 0.5) is 0 Å². The summed E-state index contributed by atoms with van der Waals surface area (Å²) in [5.74, 6) is 1.94. The van der Waals surface area contributed by atoms with E-state index >= 15 is 0 Å². The van der Waals surface area contributed by atoms with E-state index in [9.17, 15) is 0 Å². The van der Waals surface area contributed by atoms with E-state index < -0.39 is 16.6 Å². The normalized spacial score (nSPS) is 12.1. The van der Waals surface area contributed by atoms with Gasteiger partial charge in [0, 0.05) is 0 Å². The number of hydrogen-bond donors (Lipinski definition) is 0. The highest BCUT2D eigenvalue weighted by Gasteiger charge is 2.30. The maximum Gasteiger partial charge on any atom is 0.231 e. The minimum Gasteiger partial charge on any atom is -0.496 e. The fraction of sp³-hybridized carbons (Fsp3) is 0.500. The van der Waals surface area contributed by atoms with Crippen LogP contribution in [0.1, 0.15) is 24.0 Å². The van der Waals surface area contributed by atoms with Gasteiger partial charge in [-0.05, 0) is 87.2 Å². The highest BCUT2D eigenvalue weighted by atomic mass is 28.4. The summed E-state index contributed by atoms with van der Waals surface area (Å²) in [6, 6.07) is 18.6. The van der Waals surface area contributed by atoms with E-state index in [-0.39, 0.29) is 0 Å². The molecule has 0 N–H and O–H groups in total. The number of methoxy groups -OCH3 is 2. The van der Waals surface area contributed by atoms with Crippen molar-refractivity contribution in [3.05, 3.63) is 59.7 Å². The fourth-order valence-electron chi connectivity index (χ4n) is 3.54. The summed E-state index contributed by atoms with van der Waals surface area (Å²) in [6.45, 7) is 8.98. The second-order valence-corrected chi connectivity index (χ2v) is 17.4. The molecule has 0 aliphatic rings. The lowest BCUT2D eigenvalue weighted by Crippen LogP contribution is -2.38. The Bertz CT molecular complexity index is 712.